The second-order valence-electron chi connectivity index (χ2n) is 13.7. The average Bonchev–Trinajstić information content (AvgIpc) is 3.65. The minimum absolute atomic E-state index is 0.173. The summed E-state index contributed by atoms with van der Waals surface area (Å²) in [5.41, 5.74) is 11.8. The van der Waals surface area contributed by atoms with Crippen LogP contribution in [0.5, 0.6) is 0 Å². The maximum Gasteiger partial charge on any atom is 0.164 e. The Balaban J connectivity index is 1.13. The molecule has 0 radical (unpaired) electrons. The highest BCUT2D eigenvalue weighted by Gasteiger charge is 2.36. The van der Waals surface area contributed by atoms with Crippen LogP contribution in [0.15, 0.2) is 156 Å². The molecule has 0 amide bonds. The summed E-state index contributed by atoms with van der Waals surface area (Å²) >= 11 is 0. The molecule has 2 heterocycles. The van der Waals surface area contributed by atoms with Gasteiger partial charge < -0.3 is 4.42 Å². The largest absolute Gasteiger partial charge is 0.456 e. The summed E-state index contributed by atoms with van der Waals surface area (Å²) in [7, 11) is 0. The van der Waals surface area contributed by atoms with Crippen LogP contribution in [0, 0.1) is 0 Å². The van der Waals surface area contributed by atoms with Gasteiger partial charge in [-0.2, -0.15) is 0 Å². The third kappa shape index (κ3) is 4.42. The molecule has 0 aliphatic heterocycles. The van der Waals surface area contributed by atoms with E-state index >= 15 is 0 Å². The highest BCUT2D eigenvalue weighted by Crippen LogP contribution is 2.50. The van der Waals surface area contributed by atoms with Crippen molar-refractivity contribution in [2.45, 2.75) is 19.3 Å². The van der Waals surface area contributed by atoms with Crippen LogP contribution in [0.1, 0.15) is 25.0 Å². The summed E-state index contributed by atoms with van der Waals surface area (Å²) in [6, 6.07) is 53.1. The first kappa shape index (κ1) is 28.6. The Hall–Kier alpha value is -6.39. The molecule has 0 fully saturated rings. The van der Waals surface area contributed by atoms with Gasteiger partial charge in [-0.15, -0.1) is 0 Å². The molecule has 0 saturated heterocycles. The van der Waals surface area contributed by atoms with Crippen LogP contribution in [-0.4, -0.2) is 15.0 Å². The second-order valence-corrected chi connectivity index (χ2v) is 13.7. The molecular weight excluding hydrogens is 611 g/mol. The standard InChI is InChI=1S/C46H31N3O/c1-46(2)38-26-32(20-22-35(38)37-24-30-16-9-10-17-31(30)25-39(37)46)44-47-43(29-14-7-4-8-15-29)48-45(49-44)33-21-23-36-41(27-33)50-40-19-11-18-34(42(36)40)28-12-5-3-6-13-28/h3-27H,1-2H3. The molecule has 0 unspecified atom stereocenters. The second kappa shape index (κ2) is 10.8. The van der Waals surface area contributed by atoms with Crippen LogP contribution in [-0.2, 0) is 5.41 Å². The molecule has 2 aromatic heterocycles. The molecule has 1 aliphatic carbocycles. The first-order valence-electron chi connectivity index (χ1n) is 17.0. The van der Waals surface area contributed by atoms with Crippen molar-refractivity contribution in [2.24, 2.45) is 0 Å². The van der Waals surface area contributed by atoms with Crippen molar-refractivity contribution in [3.8, 4) is 56.4 Å². The van der Waals surface area contributed by atoms with Crippen LogP contribution in [0.25, 0.3) is 89.1 Å². The van der Waals surface area contributed by atoms with Crippen molar-refractivity contribution in [1.82, 2.24) is 15.0 Å². The average molecular weight is 642 g/mol. The van der Waals surface area contributed by atoms with E-state index < -0.39 is 0 Å². The van der Waals surface area contributed by atoms with E-state index in [2.05, 4.69) is 123 Å². The van der Waals surface area contributed by atoms with E-state index in [0.29, 0.717) is 17.5 Å². The van der Waals surface area contributed by atoms with Crippen LogP contribution >= 0.6 is 0 Å². The summed E-state index contributed by atoms with van der Waals surface area (Å²) in [6.45, 7) is 4.63. The Kier molecular flexibility index (Phi) is 6.19. The molecule has 10 rings (SSSR count). The normalized spacial score (nSPS) is 13.2. The Morgan fingerprint density at radius 1 is 0.420 bits per heavy atom. The van der Waals surface area contributed by atoms with Gasteiger partial charge in [0.2, 0.25) is 0 Å². The number of benzene rings is 7. The molecule has 0 spiro atoms. The highest BCUT2D eigenvalue weighted by atomic mass is 16.3. The molecule has 1 aliphatic rings. The fourth-order valence-corrected chi connectivity index (χ4v) is 7.73. The van der Waals surface area contributed by atoms with Gasteiger partial charge in [0, 0.05) is 32.9 Å². The van der Waals surface area contributed by atoms with Crippen molar-refractivity contribution in [3.63, 3.8) is 0 Å². The minimum Gasteiger partial charge on any atom is -0.456 e. The number of hydrogen-bond donors (Lipinski definition) is 0. The van der Waals surface area contributed by atoms with Gasteiger partial charge >= 0.3 is 0 Å². The lowest BCUT2D eigenvalue weighted by Crippen LogP contribution is -2.15. The molecule has 236 valence electrons. The summed E-state index contributed by atoms with van der Waals surface area (Å²) < 4.78 is 6.47. The van der Waals surface area contributed by atoms with Crippen LogP contribution in [0.3, 0.4) is 0 Å². The first-order valence-corrected chi connectivity index (χ1v) is 17.0. The number of rotatable bonds is 4. The van der Waals surface area contributed by atoms with Crippen molar-refractivity contribution < 1.29 is 4.42 Å². The number of fused-ring (bicyclic) bond motifs is 7. The van der Waals surface area contributed by atoms with Crippen molar-refractivity contribution >= 4 is 32.7 Å². The van der Waals surface area contributed by atoms with Gasteiger partial charge in [-0.25, -0.2) is 15.0 Å². The quantitative estimate of drug-likeness (QED) is 0.192. The summed E-state index contributed by atoms with van der Waals surface area (Å²) in [4.78, 5) is 15.2. The zero-order valence-corrected chi connectivity index (χ0v) is 27.7. The van der Waals surface area contributed by atoms with E-state index in [4.69, 9.17) is 19.4 Å². The number of aromatic nitrogens is 3. The third-order valence-corrected chi connectivity index (χ3v) is 10.3. The molecule has 4 nitrogen and oxygen atoms in total. The maximum atomic E-state index is 6.47. The lowest BCUT2D eigenvalue weighted by Gasteiger charge is -2.22. The summed E-state index contributed by atoms with van der Waals surface area (Å²) in [6.07, 6.45) is 0. The van der Waals surface area contributed by atoms with Gasteiger partial charge in [0.1, 0.15) is 11.2 Å². The number of furan rings is 1. The van der Waals surface area contributed by atoms with Gasteiger partial charge in [0.05, 0.1) is 0 Å². The molecule has 0 N–H and O–H groups in total. The van der Waals surface area contributed by atoms with E-state index in [0.717, 1.165) is 49.8 Å². The predicted octanol–water partition coefficient (Wildman–Crippen LogP) is 11.9. The molecule has 7 aromatic carbocycles. The molecule has 4 heteroatoms. The SMILES string of the molecule is CC1(C)c2cc(-c3nc(-c4ccccc4)nc(-c4ccc5c(c4)oc4cccc(-c6ccccc6)c45)n3)ccc2-c2cc3ccccc3cc21. The third-order valence-electron chi connectivity index (χ3n) is 10.3. The zero-order chi connectivity index (χ0) is 33.4. The van der Waals surface area contributed by atoms with Gasteiger partial charge in [-0.3, -0.25) is 0 Å². The molecule has 50 heavy (non-hydrogen) atoms. The first-order chi connectivity index (χ1) is 24.5. The fraction of sp³-hybridized carbons (Fsp3) is 0.0652. The van der Waals surface area contributed by atoms with E-state index in [9.17, 15) is 0 Å². The zero-order valence-electron chi connectivity index (χ0n) is 27.7. The predicted molar refractivity (Wildman–Crippen MR) is 204 cm³/mol. The molecular formula is C46H31N3O. The lowest BCUT2D eigenvalue weighted by molar-refractivity contribution is 0.661. The maximum absolute atomic E-state index is 6.47. The van der Waals surface area contributed by atoms with Crippen LogP contribution < -0.4 is 0 Å². The molecule has 0 saturated carbocycles. The molecule has 0 bridgehead atoms. The smallest absolute Gasteiger partial charge is 0.164 e. The van der Waals surface area contributed by atoms with E-state index in [1.807, 2.05) is 42.5 Å². The van der Waals surface area contributed by atoms with E-state index in [-0.39, 0.29) is 5.41 Å². The monoisotopic (exact) mass is 641 g/mol. The Bertz CT molecular complexity index is 2780. The molecule has 9 aromatic rings. The summed E-state index contributed by atoms with van der Waals surface area (Å²) in [5.74, 6) is 1.88. The van der Waals surface area contributed by atoms with Crippen molar-refractivity contribution in [1.29, 1.82) is 0 Å². The Labute approximate surface area is 289 Å². The highest BCUT2D eigenvalue weighted by molar-refractivity contribution is 6.13. The molecule has 0 atom stereocenters. The van der Waals surface area contributed by atoms with Crippen molar-refractivity contribution in [3.05, 3.63) is 163 Å². The van der Waals surface area contributed by atoms with Gasteiger partial charge in [-0.05, 0) is 80.6 Å². The van der Waals surface area contributed by atoms with Crippen molar-refractivity contribution in [2.75, 3.05) is 0 Å². The number of nitrogens with zero attached hydrogens (tertiary/aromatic N) is 3. The fourth-order valence-electron chi connectivity index (χ4n) is 7.73. The minimum atomic E-state index is -0.173. The van der Waals surface area contributed by atoms with Gasteiger partial charge in [0.15, 0.2) is 17.5 Å². The number of hydrogen-bond acceptors (Lipinski definition) is 4. The summed E-state index contributed by atoms with van der Waals surface area (Å²) in [5, 5.41) is 4.69. The Morgan fingerprint density at radius 2 is 1.02 bits per heavy atom. The Morgan fingerprint density at radius 3 is 1.76 bits per heavy atom. The topological polar surface area (TPSA) is 51.8 Å². The van der Waals surface area contributed by atoms with E-state index in [1.54, 1.807) is 0 Å². The van der Waals surface area contributed by atoms with Crippen LogP contribution in [0.2, 0.25) is 0 Å². The lowest BCUT2D eigenvalue weighted by atomic mass is 9.81. The van der Waals surface area contributed by atoms with E-state index in [1.165, 1.54) is 33.0 Å². The van der Waals surface area contributed by atoms with Gasteiger partial charge in [-0.1, -0.05) is 129 Å². The van der Waals surface area contributed by atoms with Crippen LogP contribution in [0.4, 0.5) is 0 Å². The van der Waals surface area contributed by atoms with Gasteiger partial charge in [0.25, 0.3) is 0 Å².